The first-order valence-corrected chi connectivity index (χ1v) is 14.2. The second kappa shape index (κ2) is 12.0. The first-order chi connectivity index (χ1) is 17.4. The van der Waals surface area contributed by atoms with E-state index < -0.39 is 11.7 Å². The predicted octanol–water partition coefficient (Wildman–Crippen LogP) is 7.88. The van der Waals surface area contributed by atoms with Crippen molar-refractivity contribution in [2.24, 2.45) is 5.41 Å². The van der Waals surface area contributed by atoms with Crippen molar-refractivity contribution < 1.29 is 19.1 Å². The summed E-state index contributed by atoms with van der Waals surface area (Å²) in [5, 5.41) is 2.98. The SMILES string of the molecule is CCCNC(=O)c1cccc(-c2sc(C)c(C(OC(C)(C)C)C(=O)OCC)c2C2=CCC(C)(C)CC2)c1. The van der Waals surface area contributed by atoms with E-state index in [2.05, 4.69) is 32.2 Å². The van der Waals surface area contributed by atoms with Crippen LogP contribution in [0.15, 0.2) is 30.3 Å². The van der Waals surface area contributed by atoms with Crippen LogP contribution in [0.5, 0.6) is 0 Å². The Kier molecular flexibility index (Phi) is 9.41. The second-order valence-corrected chi connectivity index (χ2v) is 12.8. The predicted molar refractivity (Wildman–Crippen MR) is 153 cm³/mol. The van der Waals surface area contributed by atoms with Crippen molar-refractivity contribution in [2.75, 3.05) is 13.2 Å². The number of rotatable bonds is 9. The average Bonchev–Trinajstić information content (AvgIpc) is 3.17. The third kappa shape index (κ3) is 7.32. The van der Waals surface area contributed by atoms with Crippen LogP contribution in [0.25, 0.3) is 16.0 Å². The summed E-state index contributed by atoms with van der Waals surface area (Å²) >= 11 is 1.66. The highest BCUT2D eigenvalue weighted by Gasteiger charge is 2.36. The lowest BCUT2D eigenvalue weighted by molar-refractivity contribution is -0.166. The van der Waals surface area contributed by atoms with E-state index in [1.165, 1.54) is 5.57 Å². The number of hydrogen-bond acceptors (Lipinski definition) is 5. The number of carbonyl (C=O) groups excluding carboxylic acids is 2. The minimum atomic E-state index is -0.827. The molecule has 1 aliphatic rings. The Balaban J connectivity index is 2.22. The van der Waals surface area contributed by atoms with Gasteiger partial charge in [-0.1, -0.05) is 39.0 Å². The van der Waals surface area contributed by atoms with Crippen LogP contribution in [0.2, 0.25) is 0 Å². The Morgan fingerprint density at radius 1 is 1.19 bits per heavy atom. The van der Waals surface area contributed by atoms with E-state index >= 15 is 0 Å². The summed E-state index contributed by atoms with van der Waals surface area (Å²) in [6.45, 7) is 17.3. The molecule has 1 aliphatic carbocycles. The van der Waals surface area contributed by atoms with Crippen LogP contribution in [0.4, 0.5) is 0 Å². The summed E-state index contributed by atoms with van der Waals surface area (Å²) < 4.78 is 11.9. The molecule has 0 bridgehead atoms. The van der Waals surface area contributed by atoms with Crippen LogP contribution in [0.1, 0.15) is 107 Å². The molecule has 1 aromatic heterocycles. The number of nitrogens with one attached hydrogen (secondary N) is 1. The first kappa shape index (κ1) is 29.1. The van der Waals surface area contributed by atoms with Crippen molar-refractivity contribution in [3.05, 3.63) is 51.9 Å². The summed E-state index contributed by atoms with van der Waals surface area (Å²) in [5.41, 5.74) is 4.50. The highest BCUT2D eigenvalue weighted by Crippen LogP contribution is 2.49. The summed E-state index contributed by atoms with van der Waals surface area (Å²) in [6.07, 6.45) is 5.35. The minimum Gasteiger partial charge on any atom is -0.464 e. The summed E-state index contributed by atoms with van der Waals surface area (Å²) in [5.74, 6) is -0.437. The number of carbonyl (C=O) groups is 2. The van der Waals surface area contributed by atoms with Gasteiger partial charge in [-0.15, -0.1) is 11.3 Å². The van der Waals surface area contributed by atoms with Crippen molar-refractivity contribution >= 4 is 28.8 Å². The molecular formula is C31H43NO4S. The highest BCUT2D eigenvalue weighted by atomic mass is 32.1. The van der Waals surface area contributed by atoms with E-state index in [0.717, 1.165) is 52.1 Å². The van der Waals surface area contributed by atoms with Crippen molar-refractivity contribution in [2.45, 2.75) is 92.8 Å². The molecule has 0 radical (unpaired) electrons. The topological polar surface area (TPSA) is 64.6 Å². The van der Waals surface area contributed by atoms with Crippen LogP contribution < -0.4 is 5.32 Å². The zero-order valence-electron chi connectivity index (χ0n) is 23.7. The van der Waals surface area contributed by atoms with Gasteiger partial charge in [-0.3, -0.25) is 4.79 Å². The molecule has 1 heterocycles. The molecule has 0 aliphatic heterocycles. The van der Waals surface area contributed by atoms with Crippen LogP contribution in [-0.4, -0.2) is 30.6 Å². The normalized spacial score (nSPS) is 16.2. The molecule has 0 fully saturated rings. The molecule has 1 N–H and O–H groups in total. The van der Waals surface area contributed by atoms with Crippen molar-refractivity contribution in [1.29, 1.82) is 0 Å². The molecule has 3 rings (SSSR count). The number of amides is 1. The van der Waals surface area contributed by atoms with Gasteiger partial charge in [0.2, 0.25) is 0 Å². The number of aryl methyl sites for hydroxylation is 1. The zero-order valence-corrected chi connectivity index (χ0v) is 24.6. The second-order valence-electron chi connectivity index (χ2n) is 11.6. The molecule has 0 saturated carbocycles. The van der Waals surface area contributed by atoms with Gasteiger partial charge in [-0.25, -0.2) is 4.79 Å². The van der Waals surface area contributed by atoms with E-state index in [0.29, 0.717) is 18.7 Å². The van der Waals surface area contributed by atoms with E-state index in [9.17, 15) is 9.59 Å². The molecule has 37 heavy (non-hydrogen) atoms. The van der Waals surface area contributed by atoms with Crippen LogP contribution in [0, 0.1) is 12.3 Å². The quantitative estimate of drug-likeness (QED) is 0.338. The Morgan fingerprint density at radius 2 is 1.92 bits per heavy atom. The van der Waals surface area contributed by atoms with Gasteiger partial charge in [-0.05, 0) is 89.0 Å². The van der Waals surface area contributed by atoms with E-state index in [4.69, 9.17) is 9.47 Å². The largest absolute Gasteiger partial charge is 0.464 e. The van der Waals surface area contributed by atoms with E-state index in [1.807, 2.05) is 58.9 Å². The molecule has 6 heteroatoms. The number of hydrogen-bond donors (Lipinski definition) is 1. The van der Waals surface area contributed by atoms with Gasteiger partial charge in [0.25, 0.3) is 5.91 Å². The van der Waals surface area contributed by atoms with E-state index in [-0.39, 0.29) is 17.3 Å². The van der Waals surface area contributed by atoms with Gasteiger partial charge >= 0.3 is 5.97 Å². The van der Waals surface area contributed by atoms with Gasteiger partial charge in [0.15, 0.2) is 6.10 Å². The molecule has 0 spiro atoms. The summed E-state index contributed by atoms with van der Waals surface area (Å²) in [4.78, 5) is 28.1. The lowest BCUT2D eigenvalue weighted by atomic mass is 9.76. The maximum atomic E-state index is 13.3. The molecular weight excluding hydrogens is 482 g/mol. The van der Waals surface area contributed by atoms with Crippen LogP contribution >= 0.6 is 11.3 Å². The monoisotopic (exact) mass is 525 g/mol. The van der Waals surface area contributed by atoms with Gasteiger partial charge in [0.05, 0.1) is 12.2 Å². The fourth-order valence-electron chi connectivity index (χ4n) is 4.64. The van der Waals surface area contributed by atoms with Crippen LogP contribution in [0.3, 0.4) is 0 Å². The third-order valence-electron chi connectivity index (χ3n) is 6.58. The molecule has 0 saturated heterocycles. The van der Waals surface area contributed by atoms with Gasteiger partial charge in [0, 0.05) is 33.0 Å². The van der Waals surface area contributed by atoms with Crippen molar-refractivity contribution in [3.63, 3.8) is 0 Å². The fraction of sp³-hybridized carbons (Fsp3) is 0.548. The minimum absolute atomic E-state index is 0.0714. The number of thiophene rings is 1. The highest BCUT2D eigenvalue weighted by molar-refractivity contribution is 7.16. The molecule has 1 atom stereocenters. The van der Waals surface area contributed by atoms with Crippen LogP contribution in [-0.2, 0) is 14.3 Å². The zero-order chi connectivity index (χ0) is 27.4. The smallest absolute Gasteiger partial charge is 0.340 e. The molecule has 5 nitrogen and oxygen atoms in total. The number of ether oxygens (including phenoxy) is 2. The Morgan fingerprint density at radius 3 is 2.51 bits per heavy atom. The van der Waals surface area contributed by atoms with Crippen molar-refractivity contribution in [1.82, 2.24) is 5.32 Å². The van der Waals surface area contributed by atoms with Gasteiger partial charge in [0.1, 0.15) is 0 Å². The Hall–Kier alpha value is -2.44. The van der Waals surface area contributed by atoms with Gasteiger partial charge in [-0.2, -0.15) is 0 Å². The van der Waals surface area contributed by atoms with E-state index in [1.54, 1.807) is 11.3 Å². The summed E-state index contributed by atoms with van der Waals surface area (Å²) in [7, 11) is 0. The average molecular weight is 526 g/mol. The molecule has 2 aromatic rings. The molecule has 202 valence electrons. The maximum absolute atomic E-state index is 13.3. The summed E-state index contributed by atoms with van der Waals surface area (Å²) in [6, 6.07) is 7.79. The Bertz CT molecular complexity index is 1150. The first-order valence-electron chi connectivity index (χ1n) is 13.4. The molecule has 1 amide bonds. The molecule has 1 aromatic carbocycles. The fourth-order valence-corrected chi connectivity index (χ4v) is 5.85. The maximum Gasteiger partial charge on any atom is 0.340 e. The Labute approximate surface area is 226 Å². The number of benzene rings is 1. The van der Waals surface area contributed by atoms with Gasteiger partial charge < -0.3 is 14.8 Å². The lowest BCUT2D eigenvalue weighted by Gasteiger charge is -2.31. The lowest BCUT2D eigenvalue weighted by Crippen LogP contribution is -2.29. The third-order valence-corrected chi connectivity index (χ3v) is 7.75. The standard InChI is InChI=1S/C31H43NO4S/c1-9-18-32-28(33)23-13-11-12-22(19-23)27-25(21-14-16-31(7,8)17-15-21)24(20(3)37-27)26(29(34)35-10-2)36-30(4,5)6/h11-14,19,26H,9-10,15-18H2,1-8H3,(H,32,33). The number of allylic oxidation sites excluding steroid dienone is 2. The van der Waals surface area contributed by atoms with Crippen molar-refractivity contribution in [3.8, 4) is 10.4 Å². The number of esters is 1. The molecule has 1 unspecified atom stereocenters.